The molecular weight excluding hydrogens is 250 g/mol. The second-order valence-electron chi connectivity index (χ2n) is 4.64. The van der Waals surface area contributed by atoms with Crippen molar-refractivity contribution in [1.29, 1.82) is 0 Å². The molecule has 1 aliphatic carbocycles. The van der Waals surface area contributed by atoms with E-state index in [1.807, 2.05) is 0 Å². The van der Waals surface area contributed by atoms with Crippen molar-refractivity contribution >= 4 is 17.5 Å². The molecule has 0 bridgehead atoms. The summed E-state index contributed by atoms with van der Waals surface area (Å²) in [6.07, 6.45) is 4.72. The van der Waals surface area contributed by atoms with Crippen LogP contribution in [-0.2, 0) is 4.79 Å². The lowest BCUT2D eigenvalue weighted by Gasteiger charge is -2.29. The SMILES string of the molecule is O=C(O)C1CCCCC1Nc1ccc([N+](=O)[O-])nc1. The molecule has 7 heteroatoms. The van der Waals surface area contributed by atoms with Gasteiger partial charge in [0.15, 0.2) is 6.20 Å². The van der Waals surface area contributed by atoms with Crippen LogP contribution in [0.1, 0.15) is 25.7 Å². The molecule has 102 valence electrons. The number of nitrogens with one attached hydrogen (secondary N) is 1. The van der Waals surface area contributed by atoms with Crippen LogP contribution < -0.4 is 5.32 Å². The Bertz CT molecular complexity index is 474. The molecule has 1 saturated carbocycles. The van der Waals surface area contributed by atoms with Gasteiger partial charge in [0.2, 0.25) is 0 Å². The van der Waals surface area contributed by atoms with Crippen LogP contribution in [-0.4, -0.2) is 27.0 Å². The van der Waals surface area contributed by atoms with Gasteiger partial charge in [-0.3, -0.25) is 4.79 Å². The second kappa shape index (κ2) is 5.64. The van der Waals surface area contributed by atoms with Crippen LogP contribution in [0.25, 0.3) is 0 Å². The van der Waals surface area contributed by atoms with Crippen LogP contribution in [0.4, 0.5) is 11.5 Å². The molecule has 2 atom stereocenters. The first-order chi connectivity index (χ1) is 9.08. The fourth-order valence-electron chi connectivity index (χ4n) is 2.39. The van der Waals surface area contributed by atoms with E-state index in [0.29, 0.717) is 12.1 Å². The smallest absolute Gasteiger partial charge is 0.363 e. The first kappa shape index (κ1) is 13.3. The van der Waals surface area contributed by atoms with Gasteiger partial charge < -0.3 is 20.5 Å². The van der Waals surface area contributed by atoms with E-state index in [1.54, 1.807) is 6.07 Å². The molecule has 0 radical (unpaired) electrons. The first-order valence-corrected chi connectivity index (χ1v) is 6.17. The average Bonchev–Trinajstić information content (AvgIpc) is 2.39. The maximum atomic E-state index is 11.2. The number of aromatic nitrogens is 1. The van der Waals surface area contributed by atoms with Crippen molar-refractivity contribution in [2.45, 2.75) is 31.7 Å². The molecule has 19 heavy (non-hydrogen) atoms. The van der Waals surface area contributed by atoms with Crippen LogP contribution in [0, 0.1) is 16.0 Å². The molecular formula is C12H15N3O4. The molecule has 0 amide bonds. The molecule has 0 spiro atoms. The van der Waals surface area contributed by atoms with Crippen LogP contribution in [0.15, 0.2) is 18.3 Å². The maximum absolute atomic E-state index is 11.2. The molecule has 1 aromatic heterocycles. The summed E-state index contributed by atoms with van der Waals surface area (Å²) >= 11 is 0. The number of carboxylic acid groups (broad SMARTS) is 1. The number of carboxylic acids is 1. The van der Waals surface area contributed by atoms with Gasteiger partial charge in [-0.1, -0.05) is 12.8 Å². The highest BCUT2D eigenvalue weighted by molar-refractivity contribution is 5.71. The Morgan fingerprint density at radius 3 is 2.74 bits per heavy atom. The number of anilines is 1. The molecule has 0 saturated heterocycles. The molecule has 1 aliphatic rings. The Balaban J connectivity index is 2.06. The fourth-order valence-corrected chi connectivity index (χ4v) is 2.39. The third-order valence-corrected chi connectivity index (χ3v) is 3.37. The van der Waals surface area contributed by atoms with E-state index in [9.17, 15) is 14.9 Å². The Kier molecular flexibility index (Phi) is 3.94. The zero-order chi connectivity index (χ0) is 13.8. The fraction of sp³-hybridized carbons (Fsp3) is 0.500. The summed E-state index contributed by atoms with van der Waals surface area (Å²) in [6.45, 7) is 0. The summed E-state index contributed by atoms with van der Waals surface area (Å²) < 4.78 is 0. The van der Waals surface area contributed by atoms with Crippen LogP contribution in [0.3, 0.4) is 0 Å². The molecule has 7 nitrogen and oxygen atoms in total. The lowest BCUT2D eigenvalue weighted by atomic mass is 9.84. The van der Waals surface area contributed by atoms with E-state index in [4.69, 9.17) is 5.11 Å². The monoisotopic (exact) mass is 265 g/mol. The molecule has 2 rings (SSSR count). The third-order valence-electron chi connectivity index (χ3n) is 3.37. The van der Waals surface area contributed by atoms with E-state index < -0.39 is 16.8 Å². The van der Waals surface area contributed by atoms with Crippen molar-refractivity contribution in [2.24, 2.45) is 5.92 Å². The number of nitrogens with zero attached hydrogens (tertiary/aromatic N) is 2. The van der Waals surface area contributed by atoms with Crippen molar-refractivity contribution in [3.8, 4) is 0 Å². The van der Waals surface area contributed by atoms with Gasteiger partial charge in [0.05, 0.1) is 11.6 Å². The Morgan fingerprint density at radius 1 is 1.42 bits per heavy atom. The van der Waals surface area contributed by atoms with Crippen molar-refractivity contribution in [1.82, 2.24) is 4.98 Å². The van der Waals surface area contributed by atoms with Crippen LogP contribution >= 0.6 is 0 Å². The molecule has 1 aromatic rings. The van der Waals surface area contributed by atoms with Crippen molar-refractivity contribution in [3.05, 3.63) is 28.4 Å². The van der Waals surface area contributed by atoms with Gasteiger partial charge >= 0.3 is 11.8 Å². The average molecular weight is 265 g/mol. The van der Waals surface area contributed by atoms with Crippen LogP contribution in [0.5, 0.6) is 0 Å². The maximum Gasteiger partial charge on any atom is 0.363 e. The third kappa shape index (κ3) is 3.18. The largest absolute Gasteiger partial charge is 0.481 e. The van der Waals surface area contributed by atoms with E-state index in [2.05, 4.69) is 10.3 Å². The highest BCUT2D eigenvalue weighted by Gasteiger charge is 2.30. The second-order valence-corrected chi connectivity index (χ2v) is 4.64. The number of hydrogen-bond donors (Lipinski definition) is 2. The number of rotatable bonds is 4. The van der Waals surface area contributed by atoms with E-state index >= 15 is 0 Å². The molecule has 0 aliphatic heterocycles. The summed E-state index contributed by atoms with van der Waals surface area (Å²) in [5, 5.41) is 22.8. The van der Waals surface area contributed by atoms with Gasteiger partial charge in [0.25, 0.3) is 0 Å². The molecule has 2 N–H and O–H groups in total. The summed E-state index contributed by atoms with van der Waals surface area (Å²) in [4.78, 5) is 24.8. The summed E-state index contributed by atoms with van der Waals surface area (Å²) in [6, 6.07) is 2.72. The quantitative estimate of drug-likeness (QED) is 0.637. The first-order valence-electron chi connectivity index (χ1n) is 6.17. The van der Waals surface area contributed by atoms with Gasteiger partial charge in [-0.25, -0.2) is 0 Å². The Labute approximate surface area is 109 Å². The van der Waals surface area contributed by atoms with Gasteiger partial charge in [0, 0.05) is 12.1 Å². The summed E-state index contributed by atoms with van der Waals surface area (Å²) in [5.74, 6) is -1.43. The molecule has 2 unspecified atom stereocenters. The zero-order valence-electron chi connectivity index (χ0n) is 10.3. The van der Waals surface area contributed by atoms with Crippen molar-refractivity contribution in [2.75, 3.05) is 5.32 Å². The summed E-state index contributed by atoms with van der Waals surface area (Å²) in [5.41, 5.74) is 0.615. The standard InChI is InChI=1S/C12H15N3O4/c16-12(17)9-3-1-2-4-10(9)14-8-5-6-11(13-7-8)15(18)19/h5-7,9-10,14H,1-4H2,(H,16,17). The molecule has 1 fully saturated rings. The lowest BCUT2D eigenvalue weighted by molar-refractivity contribution is -0.389. The number of aliphatic carboxylic acids is 1. The Hall–Kier alpha value is -2.18. The highest BCUT2D eigenvalue weighted by Crippen LogP contribution is 2.27. The number of nitro groups is 1. The van der Waals surface area contributed by atoms with Crippen molar-refractivity contribution in [3.63, 3.8) is 0 Å². The van der Waals surface area contributed by atoms with Gasteiger partial charge in [-0.2, -0.15) is 0 Å². The normalized spacial score (nSPS) is 22.7. The predicted molar refractivity (Wildman–Crippen MR) is 67.9 cm³/mol. The number of pyridine rings is 1. The van der Waals surface area contributed by atoms with E-state index in [0.717, 1.165) is 19.3 Å². The lowest BCUT2D eigenvalue weighted by Crippen LogP contribution is -2.37. The van der Waals surface area contributed by atoms with Crippen molar-refractivity contribution < 1.29 is 14.8 Å². The molecule has 1 heterocycles. The van der Waals surface area contributed by atoms with E-state index in [-0.39, 0.29) is 11.9 Å². The summed E-state index contributed by atoms with van der Waals surface area (Å²) in [7, 11) is 0. The molecule has 0 aromatic carbocycles. The number of carbonyl (C=O) groups is 1. The minimum absolute atomic E-state index is 0.144. The zero-order valence-corrected chi connectivity index (χ0v) is 10.3. The predicted octanol–water partition coefficient (Wildman–Crippen LogP) is 2.05. The highest BCUT2D eigenvalue weighted by atomic mass is 16.6. The minimum atomic E-state index is -0.799. The van der Waals surface area contributed by atoms with Gasteiger partial charge in [-0.15, -0.1) is 0 Å². The number of hydrogen-bond acceptors (Lipinski definition) is 5. The minimum Gasteiger partial charge on any atom is -0.481 e. The van der Waals surface area contributed by atoms with Crippen LogP contribution in [0.2, 0.25) is 0 Å². The van der Waals surface area contributed by atoms with E-state index in [1.165, 1.54) is 12.3 Å². The topological polar surface area (TPSA) is 105 Å². The van der Waals surface area contributed by atoms with Gasteiger partial charge in [-0.05, 0) is 28.8 Å². The Morgan fingerprint density at radius 2 is 2.16 bits per heavy atom. The van der Waals surface area contributed by atoms with Gasteiger partial charge in [0.1, 0.15) is 0 Å².